The summed E-state index contributed by atoms with van der Waals surface area (Å²) in [5.74, 6) is -0.782. The lowest BCUT2D eigenvalue weighted by Crippen LogP contribution is -2.14. The quantitative estimate of drug-likeness (QED) is 0.370. The van der Waals surface area contributed by atoms with Gasteiger partial charge < -0.3 is 4.74 Å². The van der Waals surface area contributed by atoms with Crippen molar-refractivity contribution in [1.82, 2.24) is 4.98 Å². The normalized spacial score (nSPS) is 10.6. The van der Waals surface area contributed by atoms with Crippen LogP contribution in [0.2, 0.25) is 0 Å². The average Bonchev–Trinajstić information content (AvgIpc) is 2.77. The van der Waals surface area contributed by atoms with Crippen LogP contribution in [0.4, 0.5) is 0 Å². The summed E-state index contributed by atoms with van der Waals surface area (Å²) in [5.41, 5.74) is 3.19. The summed E-state index contributed by atoms with van der Waals surface area (Å²) in [6.45, 7) is -0.305. The van der Waals surface area contributed by atoms with Crippen molar-refractivity contribution in [3.05, 3.63) is 102 Å². The lowest BCUT2D eigenvalue weighted by Gasteiger charge is -2.10. The van der Waals surface area contributed by atoms with Gasteiger partial charge in [0.1, 0.15) is 0 Å². The van der Waals surface area contributed by atoms with E-state index >= 15 is 0 Å². The first-order chi connectivity index (χ1) is 13.7. The number of fused-ring (bicyclic) bond motifs is 1. The summed E-state index contributed by atoms with van der Waals surface area (Å²) >= 11 is 0. The third kappa shape index (κ3) is 3.67. The second-order valence-electron chi connectivity index (χ2n) is 6.30. The third-order valence-corrected chi connectivity index (χ3v) is 4.44. The highest BCUT2D eigenvalue weighted by atomic mass is 16.5. The molecule has 0 N–H and O–H groups in total. The van der Waals surface area contributed by atoms with Gasteiger partial charge in [0.15, 0.2) is 12.4 Å². The van der Waals surface area contributed by atoms with Crippen molar-refractivity contribution in [3.63, 3.8) is 0 Å². The summed E-state index contributed by atoms with van der Waals surface area (Å²) in [4.78, 5) is 29.7. The Hall–Kier alpha value is -3.79. The van der Waals surface area contributed by atoms with Gasteiger partial charge in [-0.15, -0.1) is 0 Å². The Bertz CT molecular complexity index is 1140. The summed E-state index contributed by atoms with van der Waals surface area (Å²) in [7, 11) is 0. The van der Waals surface area contributed by atoms with Crippen molar-refractivity contribution in [2.75, 3.05) is 6.61 Å². The minimum Gasteiger partial charge on any atom is -0.454 e. The van der Waals surface area contributed by atoms with E-state index in [1.807, 2.05) is 60.7 Å². The Morgan fingerprint density at radius 3 is 2.18 bits per heavy atom. The van der Waals surface area contributed by atoms with Crippen LogP contribution in [-0.2, 0) is 4.74 Å². The molecule has 0 unspecified atom stereocenters. The van der Waals surface area contributed by atoms with E-state index in [0.717, 1.165) is 5.56 Å². The highest BCUT2D eigenvalue weighted by molar-refractivity contribution is 6.06. The lowest BCUT2D eigenvalue weighted by molar-refractivity contribution is 0.0476. The molecule has 0 spiro atoms. The molecule has 0 radical (unpaired) electrons. The van der Waals surface area contributed by atoms with Gasteiger partial charge in [0.05, 0.1) is 16.8 Å². The van der Waals surface area contributed by atoms with Crippen molar-refractivity contribution in [1.29, 1.82) is 0 Å². The fourth-order valence-electron chi connectivity index (χ4n) is 3.02. The first-order valence-corrected chi connectivity index (χ1v) is 8.93. The van der Waals surface area contributed by atoms with Crippen LogP contribution in [0.25, 0.3) is 22.2 Å². The summed E-state index contributed by atoms with van der Waals surface area (Å²) in [5, 5.41) is 0.694. The number of rotatable bonds is 5. The fourth-order valence-corrected chi connectivity index (χ4v) is 3.02. The minimum atomic E-state index is -0.542. The van der Waals surface area contributed by atoms with E-state index in [4.69, 9.17) is 4.74 Å². The van der Waals surface area contributed by atoms with E-state index in [-0.39, 0.29) is 12.4 Å². The maximum Gasteiger partial charge on any atom is 0.339 e. The molecule has 0 saturated carbocycles. The molecule has 0 aliphatic heterocycles. The maximum absolute atomic E-state index is 12.8. The summed E-state index contributed by atoms with van der Waals surface area (Å²) in [6, 6.07) is 27.5. The van der Waals surface area contributed by atoms with E-state index in [1.54, 1.807) is 30.3 Å². The molecule has 0 aliphatic carbocycles. The van der Waals surface area contributed by atoms with Gasteiger partial charge in [-0.3, -0.25) is 4.79 Å². The summed E-state index contributed by atoms with van der Waals surface area (Å²) in [6.07, 6.45) is 0. The predicted molar refractivity (Wildman–Crippen MR) is 108 cm³/mol. The molecule has 1 aromatic heterocycles. The number of pyridine rings is 1. The highest BCUT2D eigenvalue weighted by Crippen LogP contribution is 2.25. The molecule has 0 aliphatic rings. The fraction of sp³-hybridized carbons (Fsp3) is 0.0417. The molecular formula is C24H17NO3. The van der Waals surface area contributed by atoms with Gasteiger partial charge in [0.2, 0.25) is 0 Å². The molecule has 136 valence electrons. The maximum atomic E-state index is 12.8. The zero-order valence-electron chi connectivity index (χ0n) is 15.0. The Kier molecular flexibility index (Phi) is 4.93. The highest BCUT2D eigenvalue weighted by Gasteiger charge is 2.17. The number of ether oxygens (including phenoxy) is 1. The molecule has 3 aromatic carbocycles. The van der Waals surface area contributed by atoms with Crippen LogP contribution >= 0.6 is 0 Å². The zero-order chi connectivity index (χ0) is 19.3. The Morgan fingerprint density at radius 2 is 1.43 bits per heavy atom. The van der Waals surface area contributed by atoms with Crippen molar-refractivity contribution >= 4 is 22.7 Å². The molecule has 1 heterocycles. The number of carbonyl (C=O) groups excluding carboxylic acids is 2. The Labute approximate surface area is 162 Å². The molecule has 4 aromatic rings. The molecule has 0 amide bonds. The smallest absolute Gasteiger partial charge is 0.339 e. The average molecular weight is 367 g/mol. The second kappa shape index (κ2) is 7.84. The van der Waals surface area contributed by atoms with E-state index in [1.165, 1.54) is 0 Å². The van der Waals surface area contributed by atoms with E-state index in [0.29, 0.717) is 27.7 Å². The molecular weight excluding hydrogens is 350 g/mol. The molecule has 4 rings (SSSR count). The van der Waals surface area contributed by atoms with Crippen molar-refractivity contribution < 1.29 is 14.3 Å². The van der Waals surface area contributed by atoms with Gasteiger partial charge in [0.25, 0.3) is 0 Å². The first-order valence-electron chi connectivity index (χ1n) is 8.93. The number of ketones is 1. The number of carbonyl (C=O) groups is 2. The number of esters is 1. The first kappa shape index (κ1) is 17.6. The molecule has 4 nitrogen and oxygen atoms in total. The van der Waals surface area contributed by atoms with Crippen LogP contribution in [0.15, 0.2) is 91.0 Å². The van der Waals surface area contributed by atoms with Gasteiger partial charge in [0, 0.05) is 16.5 Å². The topological polar surface area (TPSA) is 56.3 Å². The van der Waals surface area contributed by atoms with E-state index in [9.17, 15) is 9.59 Å². The van der Waals surface area contributed by atoms with Crippen LogP contribution in [0.5, 0.6) is 0 Å². The SMILES string of the molecule is O=C(COC(=O)c1cc(-c2ccccc2)nc2ccccc12)c1ccccc1. The van der Waals surface area contributed by atoms with Gasteiger partial charge in [-0.05, 0) is 12.1 Å². The minimum absolute atomic E-state index is 0.240. The predicted octanol–water partition coefficient (Wildman–Crippen LogP) is 4.94. The van der Waals surface area contributed by atoms with Crippen molar-refractivity contribution in [3.8, 4) is 11.3 Å². The molecule has 0 fully saturated rings. The Morgan fingerprint density at radius 1 is 0.786 bits per heavy atom. The summed E-state index contributed by atoms with van der Waals surface area (Å²) < 4.78 is 5.33. The lowest BCUT2D eigenvalue weighted by atomic mass is 10.0. The molecule has 28 heavy (non-hydrogen) atoms. The van der Waals surface area contributed by atoms with Gasteiger partial charge in [-0.1, -0.05) is 78.9 Å². The Balaban J connectivity index is 1.65. The van der Waals surface area contributed by atoms with Crippen LogP contribution in [0.3, 0.4) is 0 Å². The number of hydrogen-bond donors (Lipinski definition) is 0. The van der Waals surface area contributed by atoms with E-state index in [2.05, 4.69) is 4.98 Å². The monoisotopic (exact) mass is 367 g/mol. The standard InChI is InChI=1S/C24H17NO3/c26-23(18-11-5-2-6-12-18)16-28-24(27)20-15-22(17-9-3-1-4-10-17)25-21-14-8-7-13-19(20)21/h1-15H,16H2. The molecule has 4 heteroatoms. The van der Waals surface area contributed by atoms with Crippen LogP contribution < -0.4 is 0 Å². The molecule has 0 bridgehead atoms. The van der Waals surface area contributed by atoms with E-state index < -0.39 is 5.97 Å². The van der Waals surface area contributed by atoms with Crippen molar-refractivity contribution in [2.24, 2.45) is 0 Å². The number of aromatic nitrogens is 1. The van der Waals surface area contributed by atoms with Crippen LogP contribution in [-0.4, -0.2) is 23.3 Å². The number of nitrogens with zero attached hydrogens (tertiary/aromatic N) is 1. The third-order valence-electron chi connectivity index (χ3n) is 4.44. The number of Topliss-reactive ketones (excluding diaryl/α,β-unsaturated/α-hetero) is 1. The number of benzene rings is 3. The largest absolute Gasteiger partial charge is 0.454 e. The van der Waals surface area contributed by atoms with Crippen LogP contribution in [0.1, 0.15) is 20.7 Å². The molecule has 0 saturated heterocycles. The van der Waals surface area contributed by atoms with Gasteiger partial charge >= 0.3 is 5.97 Å². The second-order valence-corrected chi connectivity index (χ2v) is 6.30. The number of para-hydroxylation sites is 1. The number of hydrogen-bond acceptors (Lipinski definition) is 4. The van der Waals surface area contributed by atoms with Gasteiger partial charge in [-0.25, -0.2) is 9.78 Å². The van der Waals surface area contributed by atoms with Crippen molar-refractivity contribution in [2.45, 2.75) is 0 Å². The van der Waals surface area contributed by atoms with Crippen LogP contribution in [0, 0.1) is 0 Å². The van der Waals surface area contributed by atoms with Gasteiger partial charge in [-0.2, -0.15) is 0 Å². The zero-order valence-corrected chi connectivity index (χ0v) is 15.0. The molecule has 0 atom stereocenters.